The molecule has 0 spiro atoms. The minimum absolute atomic E-state index is 0.156. The number of benzene rings is 1. The molecule has 10 heteroatoms. The van der Waals surface area contributed by atoms with E-state index < -0.39 is 0 Å². The van der Waals surface area contributed by atoms with Gasteiger partial charge in [-0.3, -0.25) is 9.69 Å². The van der Waals surface area contributed by atoms with Crippen LogP contribution in [0, 0.1) is 0 Å². The summed E-state index contributed by atoms with van der Waals surface area (Å²) in [6.45, 7) is 4.88. The van der Waals surface area contributed by atoms with Crippen LogP contribution in [0.25, 0.3) is 22.1 Å². The number of carbonyl (C=O) groups excluding carboxylic acids is 1. The molecule has 0 radical (unpaired) electrons. The molecule has 2 aliphatic heterocycles. The molecular weight excluding hydrogens is 458 g/mol. The first-order chi connectivity index (χ1) is 17.8. The lowest BCUT2D eigenvalue weighted by atomic mass is 10.0. The van der Waals surface area contributed by atoms with Gasteiger partial charge in [0.05, 0.1) is 12.4 Å². The molecule has 5 heterocycles. The van der Waals surface area contributed by atoms with Crippen molar-refractivity contribution in [3.63, 3.8) is 0 Å². The first-order valence-corrected chi connectivity index (χ1v) is 12.6. The maximum absolute atomic E-state index is 10.9. The zero-order valence-corrected chi connectivity index (χ0v) is 20.1. The Morgan fingerprint density at radius 3 is 2.83 bits per heavy atom. The largest absolute Gasteiger partial charge is 0.489 e. The zero-order valence-electron chi connectivity index (χ0n) is 20.1. The first-order valence-electron chi connectivity index (χ1n) is 12.6. The maximum Gasteiger partial charge on any atom is 0.299 e. The van der Waals surface area contributed by atoms with Crippen LogP contribution < -0.4 is 14.4 Å². The van der Waals surface area contributed by atoms with Crippen LogP contribution in [0.5, 0.6) is 11.6 Å². The molecule has 6 rings (SSSR count). The van der Waals surface area contributed by atoms with E-state index in [1.54, 1.807) is 18.7 Å². The number of piperidine rings is 1. The lowest BCUT2D eigenvalue weighted by Gasteiger charge is -2.27. The highest BCUT2D eigenvalue weighted by Gasteiger charge is 2.29. The molecular formula is C26H29N7O3. The van der Waals surface area contributed by atoms with Gasteiger partial charge in [-0.15, -0.1) is 0 Å². The molecule has 3 aromatic heterocycles. The fourth-order valence-corrected chi connectivity index (χ4v) is 5.40. The Balaban J connectivity index is 1.26. The Morgan fingerprint density at radius 1 is 1.03 bits per heavy atom. The summed E-state index contributed by atoms with van der Waals surface area (Å²) >= 11 is 0. The van der Waals surface area contributed by atoms with E-state index in [2.05, 4.69) is 40.8 Å². The number of imidazole rings is 1. The monoisotopic (exact) mass is 487 g/mol. The molecule has 2 aliphatic rings. The van der Waals surface area contributed by atoms with Crippen LogP contribution >= 0.6 is 0 Å². The summed E-state index contributed by atoms with van der Waals surface area (Å²) in [4.78, 5) is 36.5. The van der Waals surface area contributed by atoms with Crippen LogP contribution in [0.3, 0.4) is 0 Å². The minimum Gasteiger partial charge on any atom is -0.489 e. The van der Waals surface area contributed by atoms with Gasteiger partial charge in [0, 0.05) is 24.5 Å². The number of nitrogens with one attached hydrogen (secondary N) is 1. The van der Waals surface area contributed by atoms with Gasteiger partial charge in [-0.05, 0) is 56.5 Å². The van der Waals surface area contributed by atoms with Gasteiger partial charge >= 0.3 is 0 Å². The molecule has 186 valence electrons. The molecule has 0 saturated carbocycles. The van der Waals surface area contributed by atoms with Gasteiger partial charge in [-0.1, -0.05) is 12.5 Å². The summed E-state index contributed by atoms with van der Waals surface area (Å²) in [5.41, 5.74) is 3.42. The van der Waals surface area contributed by atoms with Crippen LogP contribution in [-0.2, 0) is 11.3 Å². The smallest absolute Gasteiger partial charge is 0.299 e. The molecule has 0 unspecified atom stereocenters. The third-order valence-corrected chi connectivity index (χ3v) is 7.18. The third kappa shape index (κ3) is 4.44. The number of carbonyl (C=O) groups is 1. The molecule has 36 heavy (non-hydrogen) atoms. The van der Waals surface area contributed by atoms with Crippen molar-refractivity contribution in [2.45, 2.75) is 44.7 Å². The molecule has 1 atom stereocenters. The SMILES string of the molecule is O=COc1ccc2c(CN3CCCCC3)ccc(OC[C@H]3CCCN3c3ncnc4nc[nH]c34)c2n1. The molecule has 4 aromatic rings. The lowest BCUT2D eigenvalue weighted by Crippen LogP contribution is -2.35. The van der Waals surface area contributed by atoms with E-state index in [-0.39, 0.29) is 11.9 Å². The van der Waals surface area contributed by atoms with Gasteiger partial charge in [0.25, 0.3) is 6.47 Å². The van der Waals surface area contributed by atoms with Crippen LogP contribution in [0.1, 0.15) is 37.7 Å². The quantitative estimate of drug-likeness (QED) is 0.374. The van der Waals surface area contributed by atoms with Crippen molar-refractivity contribution in [1.29, 1.82) is 0 Å². The fourth-order valence-electron chi connectivity index (χ4n) is 5.40. The second-order valence-electron chi connectivity index (χ2n) is 9.42. The van der Waals surface area contributed by atoms with E-state index in [1.807, 2.05) is 12.1 Å². The second-order valence-corrected chi connectivity index (χ2v) is 9.42. The Hall–Kier alpha value is -3.79. The Kier molecular flexibility index (Phi) is 6.33. The number of hydrogen-bond acceptors (Lipinski definition) is 9. The first kappa shape index (κ1) is 22.7. The number of aromatic nitrogens is 5. The van der Waals surface area contributed by atoms with Gasteiger partial charge < -0.3 is 19.4 Å². The zero-order chi connectivity index (χ0) is 24.3. The average molecular weight is 488 g/mol. The molecule has 1 N–H and O–H groups in total. The highest BCUT2D eigenvalue weighted by Crippen LogP contribution is 2.32. The van der Waals surface area contributed by atoms with E-state index >= 15 is 0 Å². The fraction of sp³-hybridized carbons (Fsp3) is 0.423. The van der Waals surface area contributed by atoms with Gasteiger partial charge in [0.2, 0.25) is 5.88 Å². The van der Waals surface area contributed by atoms with Crippen molar-refractivity contribution in [3.05, 3.63) is 42.5 Å². The van der Waals surface area contributed by atoms with Crippen LogP contribution in [0.15, 0.2) is 36.9 Å². The van der Waals surface area contributed by atoms with Crippen molar-refractivity contribution in [3.8, 4) is 11.6 Å². The maximum atomic E-state index is 10.9. The van der Waals surface area contributed by atoms with E-state index in [9.17, 15) is 4.79 Å². The number of likely N-dealkylation sites (tertiary alicyclic amines) is 1. The lowest BCUT2D eigenvalue weighted by molar-refractivity contribution is -0.120. The normalized spacial score (nSPS) is 18.7. The molecule has 2 fully saturated rings. The van der Waals surface area contributed by atoms with Crippen molar-refractivity contribution >= 4 is 34.4 Å². The standard InChI is InChI=1S/C26H29N7O3/c34-17-36-22-9-7-20-18(13-32-10-2-1-3-11-32)6-8-21(23(20)31-22)35-14-19-5-4-12-33(19)26-24-25(28-15-27-24)29-16-30-26/h6-9,15-17,19H,1-5,10-14H2,(H,27,28,29,30)/t19-/m1/s1. The number of fused-ring (bicyclic) bond motifs is 2. The van der Waals surface area contributed by atoms with E-state index in [0.29, 0.717) is 30.0 Å². The van der Waals surface area contributed by atoms with Crippen LogP contribution in [-0.4, -0.2) is 68.6 Å². The molecule has 0 amide bonds. The minimum atomic E-state index is 0.156. The van der Waals surface area contributed by atoms with Crippen LogP contribution in [0.2, 0.25) is 0 Å². The van der Waals surface area contributed by atoms with Crippen molar-refractivity contribution in [2.24, 2.45) is 0 Å². The predicted molar refractivity (Wildman–Crippen MR) is 135 cm³/mol. The van der Waals surface area contributed by atoms with Gasteiger partial charge in [-0.2, -0.15) is 0 Å². The van der Waals surface area contributed by atoms with Crippen LogP contribution in [0.4, 0.5) is 5.82 Å². The summed E-state index contributed by atoms with van der Waals surface area (Å²) in [6.07, 6.45) is 9.04. The van der Waals surface area contributed by atoms with Gasteiger partial charge in [0.15, 0.2) is 11.5 Å². The number of anilines is 1. The summed E-state index contributed by atoms with van der Waals surface area (Å²) in [7, 11) is 0. The Labute approximate surface area is 208 Å². The summed E-state index contributed by atoms with van der Waals surface area (Å²) in [6, 6.07) is 8.01. The van der Waals surface area contributed by atoms with Gasteiger partial charge in [0.1, 0.15) is 29.7 Å². The van der Waals surface area contributed by atoms with E-state index in [1.165, 1.54) is 24.8 Å². The number of nitrogens with zero attached hydrogens (tertiary/aromatic N) is 6. The number of pyridine rings is 1. The molecule has 10 nitrogen and oxygen atoms in total. The number of hydrogen-bond donors (Lipinski definition) is 1. The second kappa shape index (κ2) is 10.1. The highest BCUT2D eigenvalue weighted by molar-refractivity contribution is 5.88. The summed E-state index contributed by atoms with van der Waals surface area (Å²) < 4.78 is 11.5. The summed E-state index contributed by atoms with van der Waals surface area (Å²) in [5, 5.41) is 1.02. The molecule has 0 bridgehead atoms. The number of aromatic amines is 1. The highest BCUT2D eigenvalue weighted by atomic mass is 16.5. The predicted octanol–water partition coefficient (Wildman–Crippen LogP) is 3.47. The van der Waals surface area contributed by atoms with Crippen molar-refractivity contribution in [2.75, 3.05) is 31.1 Å². The number of H-pyrrole nitrogens is 1. The number of ether oxygens (including phenoxy) is 2. The van der Waals surface area contributed by atoms with E-state index in [4.69, 9.17) is 9.47 Å². The average Bonchev–Trinajstić information content (AvgIpc) is 3.58. The van der Waals surface area contributed by atoms with Crippen molar-refractivity contribution in [1.82, 2.24) is 29.8 Å². The Bertz CT molecular complexity index is 1370. The Morgan fingerprint density at radius 2 is 1.94 bits per heavy atom. The molecule has 0 aliphatic carbocycles. The summed E-state index contributed by atoms with van der Waals surface area (Å²) in [5.74, 6) is 1.80. The van der Waals surface area contributed by atoms with E-state index in [0.717, 1.165) is 55.7 Å². The topological polar surface area (TPSA) is 109 Å². The van der Waals surface area contributed by atoms with Crippen molar-refractivity contribution < 1.29 is 14.3 Å². The van der Waals surface area contributed by atoms with Gasteiger partial charge in [-0.25, -0.2) is 19.9 Å². The molecule has 2 saturated heterocycles. The third-order valence-electron chi connectivity index (χ3n) is 7.18. The number of rotatable bonds is 8. The molecule has 1 aromatic carbocycles.